The fraction of sp³-hybridized carbons (Fsp3) is 0.375. The minimum absolute atomic E-state index is 0.300. The standard InChI is InChI=1S/C8H6ClF3N2O3/c1-16-6-3(4(15)8(10,11)12)5(9)13-7(14-6)17-2/h1-2H3. The van der Waals surface area contributed by atoms with Crippen molar-refractivity contribution in [1.29, 1.82) is 0 Å². The maximum atomic E-state index is 12.3. The van der Waals surface area contributed by atoms with Crippen LogP contribution in [-0.4, -0.2) is 36.1 Å². The molecule has 0 N–H and O–H groups in total. The molecule has 0 fully saturated rings. The molecule has 0 saturated carbocycles. The third-order valence-electron chi connectivity index (χ3n) is 1.67. The van der Waals surface area contributed by atoms with Crippen LogP contribution in [-0.2, 0) is 0 Å². The van der Waals surface area contributed by atoms with Crippen LogP contribution in [0, 0.1) is 0 Å². The van der Waals surface area contributed by atoms with Crippen molar-refractivity contribution < 1.29 is 27.4 Å². The minimum atomic E-state index is -5.09. The highest BCUT2D eigenvalue weighted by Gasteiger charge is 2.43. The van der Waals surface area contributed by atoms with Crippen LogP contribution in [0.3, 0.4) is 0 Å². The summed E-state index contributed by atoms with van der Waals surface area (Å²) in [6.45, 7) is 0. The second-order valence-electron chi connectivity index (χ2n) is 2.71. The van der Waals surface area contributed by atoms with E-state index in [0.717, 1.165) is 7.11 Å². The fourth-order valence-electron chi connectivity index (χ4n) is 0.967. The van der Waals surface area contributed by atoms with E-state index in [-0.39, 0.29) is 6.01 Å². The zero-order valence-corrected chi connectivity index (χ0v) is 9.39. The van der Waals surface area contributed by atoms with Crippen LogP contribution in [0.4, 0.5) is 13.2 Å². The molecular weight excluding hydrogens is 265 g/mol. The number of aromatic nitrogens is 2. The Morgan fingerprint density at radius 3 is 2.24 bits per heavy atom. The Kier molecular flexibility index (Phi) is 3.76. The Hall–Kier alpha value is -1.57. The number of methoxy groups -OCH3 is 2. The first-order chi connectivity index (χ1) is 7.81. The average molecular weight is 271 g/mol. The second kappa shape index (κ2) is 4.74. The van der Waals surface area contributed by atoms with E-state index in [9.17, 15) is 18.0 Å². The van der Waals surface area contributed by atoms with E-state index in [4.69, 9.17) is 11.6 Å². The van der Waals surface area contributed by atoms with Crippen LogP contribution in [0.1, 0.15) is 10.4 Å². The van der Waals surface area contributed by atoms with Gasteiger partial charge in [0.25, 0.3) is 5.78 Å². The third-order valence-corrected chi connectivity index (χ3v) is 1.95. The first kappa shape index (κ1) is 13.5. The Bertz CT molecular complexity index is 450. The quantitative estimate of drug-likeness (QED) is 0.620. The SMILES string of the molecule is COc1nc(Cl)c(C(=O)C(F)(F)F)c(OC)n1. The van der Waals surface area contributed by atoms with E-state index in [2.05, 4.69) is 19.4 Å². The van der Waals surface area contributed by atoms with Gasteiger partial charge in [0.05, 0.1) is 14.2 Å². The lowest BCUT2D eigenvalue weighted by atomic mass is 10.2. The molecule has 1 aromatic rings. The van der Waals surface area contributed by atoms with Gasteiger partial charge in [-0.15, -0.1) is 0 Å². The summed E-state index contributed by atoms with van der Waals surface area (Å²) < 4.78 is 45.9. The highest BCUT2D eigenvalue weighted by molar-refractivity contribution is 6.33. The molecular formula is C8H6ClF3N2O3. The molecule has 0 spiro atoms. The van der Waals surface area contributed by atoms with E-state index >= 15 is 0 Å². The summed E-state index contributed by atoms with van der Waals surface area (Å²) in [6.07, 6.45) is -5.09. The zero-order chi connectivity index (χ0) is 13.2. The molecule has 0 aromatic carbocycles. The number of carbonyl (C=O) groups excluding carboxylic acids is 1. The lowest BCUT2D eigenvalue weighted by molar-refractivity contribution is -0.0887. The van der Waals surface area contributed by atoms with Crippen molar-refractivity contribution in [1.82, 2.24) is 9.97 Å². The molecule has 5 nitrogen and oxygen atoms in total. The molecule has 0 aliphatic carbocycles. The molecule has 17 heavy (non-hydrogen) atoms. The van der Waals surface area contributed by atoms with E-state index in [1.807, 2.05) is 0 Å². The van der Waals surface area contributed by atoms with Gasteiger partial charge in [0.1, 0.15) is 5.56 Å². The number of nitrogens with zero attached hydrogens (tertiary/aromatic N) is 2. The summed E-state index contributed by atoms with van der Waals surface area (Å²) in [5.74, 6) is -2.77. The minimum Gasteiger partial charge on any atom is -0.480 e. The van der Waals surface area contributed by atoms with Crippen molar-refractivity contribution in [2.75, 3.05) is 14.2 Å². The number of carbonyl (C=O) groups is 1. The molecule has 0 unspecified atom stereocenters. The molecule has 94 valence electrons. The maximum absolute atomic E-state index is 12.3. The van der Waals surface area contributed by atoms with Crippen LogP contribution in [0.5, 0.6) is 11.9 Å². The van der Waals surface area contributed by atoms with Crippen LogP contribution < -0.4 is 9.47 Å². The van der Waals surface area contributed by atoms with Crippen molar-refractivity contribution in [3.63, 3.8) is 0 Å². The normalized spacial score (nSPS) is 11.2. The molecule has 0 atom stereocenters. The molecule has 0 radical (unpaired) electrons. The largest absolute Gasteiger partial charge is 0.480 e. The van der Waals surface area contributed by atoms with Crippen molar-refractivity contribution in [2.45, 2.75) is 6.18 Å². The van der Waals surface area contributed by atoms with Crippen LogP contribution in [0.25, 0.3) is 0 Å². The third kappa shape index (κ3) is 2.76. The number of halogens is 4. The van der Waals surface area contributed by atoms with E-state index in [0.29, 0.717) is 0 Å². The number of Topliss-reactive ketones (excluding diaryl/α,β-unsaturated/α-hetero) is 1. The van der Waals surface area contributed by atoms with Gasteiger partial charge >= 0.3 is 12.2 Å². The lowest BCUT2D eigenvalue weighted by Crippen LogP contribution is -2.24. The number of alkyl halides is 3. The van der Waals surface area contributed by atoms with Gasteiger partial charge in [0.2, 0.25) is 5.88 Å². The Morgan fingerprint density at radius 1 is 1.24 bits per heavy atom. The monoisotopic (exact) mass is 270 g/mol. The molecule has 1 rings (SSSR count). The van der Waals surface area contributed by atoms with Crippen LogP contribution in [0.15, 0.2) is 0 Å². The molecule has 9 heteroatoms. The van der Waals surface area contributed by atoms with Gasteiger partial charge in [-0.2, -0.15) is 23.1 Å². The molecule has 1 heterocycles. The smallest absolute Gasteiger partial charge is 0.455 e. The molecule has 0 saturated heterocycles. The second-order valence-corrected chi connectivity index (χ2v) is 3.07. The summed E-state index contributed by atoms with van der Waals surface area (Å²) >= 11 is 5.46. The predicted molar refractivity (Wildman–Crippen MR) is 50.5 cm³/mol. The van der Waals surface area contributed by atoms with Gasteiger partial charge in [-0.25, -0.2) is 0 Å². The number of hydrogen-bond acceptors (Lipinski definition) is 5. The summed E-state index contributed by atoms with van der Waals surface area (Å²) in [4.78, 5) is 17.9. The summed E-state index contributed by atoms with van der Waals surface area (Å²) in [6, 6.07) is -0.300. The highest BCUT2D eigenvalue weighted by atomic mass is 35.5. The van der Waals surface area contributed by atoms with Crippen LogP contribution >= 0.6 is 11.6 Å². The van der Waals surface area contributed by atoms with E-state index in [1.165, 1.54) is 7.11 Å². The fourth-order valence-corrected chi connectivity index (χ4v) is 1.21. The van der Waals surface area contributed by atoms with Crippen molar-refractivity contribution in [3.8, 4) is 11.9 Å². The number of ketones is 1. The molecule has 0 bridgehead atoms. The maximum Gasteiger partial charge on any atom is 0.455 e. The van der Waals surface area contributed by atoms with Gasteiger partial charge in [-0.05, 0) is 0 Å². The molecule has 0 amide bonds. The van der Waals surface area contributed by atoms with Crippen molar-refractivity contribution in [3.05, 3.63) is 10.7 Å². The first-order valence-electron chi connectivity index (χ1n) is 4.08. The van der Waals surface area contributed by atoms with Crippen molar-refractivity contribution >= 4 is 17.4 Å². The topological polar surface area (TPSA) is 61.3 Å². The van der Waals surface area contributed by atoms with Gasteiger partial charge in [0.15, 0.2) is 5.15 Å². The number of hydrogen-bond donors (Lipinski definition) is 0. The molecule has 0 aliphatic rings. The van der Waals surface area contributed by atoms with Crippen molar-refractivity contribution in [2.24, 2.45) is 0 Å². The Balaban J connectivity index is 3.38. The van der Waals surface area contributed by atoms with E-state index < -0.39 is 28.6 Å². The van der Waals surface area contributed by atoms with Gasteiger partial charge in [-0.1, -0.05) is 11.6 Å². The summed E-state index contributed by atoms with van der Waals surface area (Å²) in [5.41, 5.74) is -0.942. The first-order valence-corrected chi connectivity index (χ1v) is 4.46. The van der Waals surface area contributed by atoms with E-state index in [1.54, 1.807) is 0 Å². The summed E-state index contributed by atoms with van der Waals surface area (Å²) in [7, 11) is 2.24. The van der Waals surface area contributed by atoms with Gasteiger partial charge in [-0.3, -0.25) is 4.79 Å². The zero-order valence-electron chi connectivity index (χ0n) is 8.63. The Morgan fingerprint density at radius 2 is 1.82 bits per heavy atom. The average Bonchev–Trinajstić information content (AvgIpc) is 2.25. The van der Waals surface area contributed by atoms with Crippen LogP contribution in [0.2, 0.25) is 5.15 Å². The molecule has 0 aliphatic heterocycles. The van der Waals surface area contributed by atoms with Gasteiger partial charge in [0, 0.05) is 0 Å². The Labute approximate surface area is 98.5 Å². The number of rotatable bonds is 3. The predicted octanol–water partition coefficient (Wildman–Crippen LogP) is 1.89. The summed E-state index contributed by atoms with van der Waals surface area (Å²) in [5, 5.41) is -0.684. The molecule has 1 aromatic heterocycles. The highest BCUT2D eigenvalue weighted by Crippen LogP contribution is 2.31. The van der Waals surface area contributed by atoms with Gasteiger partial charge < -0.3 is 9.47 Å². The number of ether oxygens (including phenoxy) is 2. The lowest BCUT2D eigenvalue weighted by Gasteiger charge is -2.10.